The smallest absolute Gasteiger partial charge is 0.351 e. The zero-order valence-electron chi connectivity index (χ0n) is 14.9. The van der Waals surface area contributed by atoms with Crippen molar-refractivity contribution in [2.24, 2.45) is 0 Å². The molecule has 0 unspecified atom stereocenters. The highest BCUT2D eigenvalue weighted by Gasteiger charge is 2.39. The molecule has 3 rings (SSSR count). The summed E-state index contributed by atoms with van der Waals surface area (Å²) in [6, 6.07) is 3.74. The van der Waals surface area contributed by atoms with Gasteiger partial charge in [0.15, 0.2) is 0 Å². The molecule has 26 heavy (non-hydrogen) atoms. The average Bonchev–Trinajstić information content (AvgIpc) is 3.17. The molecule has 0 radical (unpaired) electrons. The second-order valence-electron chi connectivity index (χ2n) is 6.72. The number of hydrogen-bond donors (Lipinski definition) is 0. The van der Waals surface area contributed by atoms with Gasteiger partial charge in [0.2, 0.25) is 5.76 Å². The van der Waals surface area contributed by atoms with Crippen LogP contribution in [0.25, 0.3) is 10.6 Å². The minimum absolute atomic E-state index is 0.0693. The number of aromatic nitrogens is 1. The minimum atomic E-state index is -4.59. The Morgan fingerprint density at radius 1 is 1.27 bits per heavy atom. The van der Waals surface area contributed by atoms with Gasteiger partial charge in [0.05, 0.1) is 9.75 Å². The summed E-state index contributed by atoms with van der Waals surface area (Å²) < 4.78 is 43.1. The second-order valence-corrected chi connectivity index (χ2v) is 7.80. The molecule has 0 N–H and O–H groups in total. The molecule has 142 valence electrons. The van der Waals surface area contributed by atoms with Crippen molar-refractivity contribution in [3.05, 3.63) is 28.3 Å². The van der Waals surface area contributed by atoms with Crippen LogP contribution >= 0.6 is 11.3 Å². The summed E-state index contributed by atoms with van der Waals surface area (Å²) >= 11 is 1.13. The van der Waals surface area contributed by atoms with E-state index in [9.17, 15) is 18.0 Å². The first kappa shape index (κ1) is 18.9. The van der Waals surface area contributed by atoms with E-state index >= 15 is 0 Å². The predicted molar refractivity (Wildman–Crippen MR) is 92.1 cm³/mol. The Hall–Kier alpha value is -1.87. The van der Waals surface area contributed by atoms with Crippen molar-refractivity contribution in [2.45, 2.75) is 39.0 Å². The molecule has 2 aromatic heterocycles. The van der Waals surface area contributed by atoms with Gasteiger partial charge >= 0.3 is 6.18 Å². The van der Waals surface area contributed by atoms with Crippen LogP contribution in [-0.2, 0) is 6.18 Å². The average molecular weight is 387 g/mol. The SMILES string of the molecule is Cc1c(-c2ccc(C(=O)N3C[C@@H](C)N(C)[C@@H](C)C3)s2)noc1C(F)(F)F. The third-order valence-corrected chi connectivity index (χ3v) is 5.96. The molecule has 3 heterocycles. The van der Waals surface area contributed by atoms with Crippen LogP contribution in [0.4, 0.5) is 13.2 Å². The van der Waals surface area contributed by atoms with Crippen LogP contribution in [0.5, 0.6) is 0 Å². The molecule has 1 amide bonds. The fourth-order valence-electron chi connectivity index (χ4n) is 3.14. The Morgan fingerprint density at radius 3 is 2.42 bits per heavy atom. The van der Waals surface area contributed by atoms with Crippen LogP contribution in [0.3, 0.4) is 0 Å². The van der Waals surface area contributed by atoms with Crippen molar-refractivity contribution in [3.8, 4) is 10.6 Å². The summed E-state index contributed by atoms with van der Waals surface area (Å²) in [6.45, 7) is 6.68. The Kier molecular flexibility index (Phi) is 4.87. The highest BCUT2D eigenvalue weighted by Crippen LogP contribution is 2.38. The van der Waals surface area contributed by atoms with Crippen molar-refractivity contribution in [3.63, 3.8) is 0 Å². The number of carbonyl (C=O) groups excluding carboxylic acids is 1. The van der Waals surface area contributed by atoms with Crippen LogP contribution in [0, 0.1) is 6.92 Å². The number of nitrogens with zero attached hydrogens (tertiary/aromatic N) is 3. The number of rotatable bonds is 2. The van der Waals surface area contributed by atoms with Gasteiger partial charge < -0.3 is 9.42 Å². The number of likely N-dealkylation sites (N-methyl/N-ethyl adjacent to an activating group) is 1. The molecule has 0 aromatic carbocycles. The quantitative estimate of drug-likeness (QED) is 0.784. The minimum Gasteiger partial charge on any atom is -0.351 e. The maximum absolute atomic E-state index is 12.9. The standard InChI is InChI=1S/C17H20F3N3O2S/c1-9-7-23(8-10(2)22(9)4)16(24)13-6-5-12(26-13)14-11(3)15(25-21-14)17(18,19)20/h5-6,9-10H,7-8H2,1-4H3/t9-,10+. The first-order valence-electron chi connectivity index (χ1n) is 8.24. The number of thiophene rings is 1. The van der Waals surface area contributed by atoms with E-state index in [0.717, 1.165) is 11.3 Å². The monoisotopic (exact) mass is 387 g/mol. The summed E-state index contributed by atoms with van der Waals surface area (Å²) in [6.07, 6.45) is -4.59. The van der Waals surface area contributed by atoms with Gasteiger partial charge in [-0.2, -0.15) is 13.2 Å². The Bertz CT molecular complexity index is 803. The van der Waals surface area contributed by atoms with Gasteiger partial charge in [-0.1, -0.05) is 5.16 Å². The highest BCUT2D eigenvalue weighted by molar-refractivity contribution is 7.17. The lowest BCUT2D eigenvalue weighted by atomic mass is 10.1. The number of hydrogen-bond acceptors (Lipinski definition) is 5. The maximum atomic E-state index is 12.9. The summed E-state index contributed by atoms with van der Waals surface area (Å²) in [5.41, 5.74) is 0.0571. The largest absolute Gasteiger partial charge is 0.452 e. The van der Waals surface area contributed by atoms with Crippen molar-refractivity contribution >= 4 is 17.2 Å². The molecule has 2 aromatic rings. The summed E-state index contributed by atoms with van der Waals surface area (Å²) in [5.74, 6) is -1.21. The fourth-order valence-corrected chi connectivity index (χ4v) is 4.15. The van der Waals surface area contributed by atoms with Crippen molar-refractivity contribution in [2.75, 3.05) is 20.1 Å². The topological polar surface area (TPSA) is 49.6 Å². The van der Waals surface area contributed by atoms with E-state index in [1.807, 2.05) is 7.05 Å². The van der Waals surface area contributed by atoms with Gasteiger partial charge in [0.1, 0.15) is 5.69 Å². The first-order chi connectivity index (χ1) is 12.1. The third-order valence-electron chi connectivity index (χ3n) is 4.88. The zero-order valence-corrected chi connectivity index (χ0v) is 15.7. The Morgan fingerprint density at radius 2 is 1.88 bits per heavy atom. The van der Waals surface area contributed by atoms with E-state index < -0.39 is 11.9 Å². The second kappa shape index (κ2) is 6.70. The zero-order chi connectivity index (χ0) is 19.2. The lowest BCUT2D eigenvalue weighted by Crippen LogP contribution is -2.56. The maximum Gasteiger partial charge on any atom is 0.452 e. The molecule has 5 nitrogen and oxygen atoms in total. The molecular formula is C17H20F3N3O2S. The lowest BCUT2D eigenvalue weighted by Gasteiger charge is -2.42. The number of piperazine rings is 1. The lowest BCUT2D eigenvalue weighted by molar-refractivity contribution is -0.156. The Labute approximate surface area is 153 Å². The van der Waals surface area contributed by atoms with Gasteiger partial charge in [0, 0.05) is 30.7 Å². The number of amides is 1. The fraction of sp³-hybridized carbons (Fsp3) is 0.529. The highest BCUT2D eigenvalue weighted by atomic mass is 32.1. The molecular weight excluding hydrogens is 367 g/mol. The number of halogens is 3. The van der Waals surface area contributed by atoms with Crippen LogP contribution in [0.2, 0.25) is 0 Å². The summed E-state index contributed by atoms with van der Waals surface area (Å²) in [7, 11) is 2.03. The molecule has 0 aliphatic carbocycles. The van der Waals surface area contributed by atoms with E-state index in [-0.39, 0.29) is 29.2 Å². The molecule has 0 saturated carbocycles. The number of alkyl halides is 3. The molecule has 9 heteroatoms. The van der Waals surface area contributed by atoms with E-state index in [4.69, 9.17) is 0 Å². The molecule has 1 aliphatic rings. The first-order valence-corrected chi connectivity index (χ1v) is 9.06. The molecule has 0 bridgehead atoms. The molecule has 1 aliphatic heterocycles. The molecule has 2 atom stereocenters. The van der Waals surface area contributed by atoms with Gasteiger partial charge in [-0.15, -0.1) is 11.3 Å². The van der Waals surface area contributed by atoms with Crippen molar-refractivity contribution in [1.29, 1.82) is 0 Å². The normalized spacial score (nSPS) is 22.0. The van der Waals surface area contributed by atoms with E-state index in [0.29, 0.717) is 22.8 Å². The van der Waals surface area contributed by atoms with E-state index in [1.54, 1.807) is 17.0 Å². The molecule has 0 spiro atoms. The van der Waals surface area contributed by atoms with Gasteiger partial charge in [0.25, 0.3) is 5.91 Å². The predicted octanol–water partition coefficient (Wildman–Crippen LogP) is 3.89. The van der Waals surface area contributed by atoms with Gasteiger partial charge in [-0.05, 0) is 40.0 Å². The van der Waals surface area contributed by atoms with Crippen molar-refractivity contribution < 1.29 is 22.5 Å². The van der Waals surface area contributed by atoms with Gasteiger partial charge in [-0.3, -0.25) is 9.69 Å². The van der Waals surface area contributed by atoms with Gasteiger partial charge in [-0.25, -0.2) is 0 Å². The number of carbonyl (C=O) groups is 1. The van der Waals surface area contributed by atoms with Crippen LogP contribution in [-0.4, -0.2) is 53.1 Å². The summed E-state index contributed by atoms with van der Waals surface area (Å²) in [5, 5.41) is 3.56. The third kappa shape index (κ3) is 3.37. The molecule has 1 saturated heterocycles. The van der Waals surface area contributed by atoms with Crippen LogP contribution in [0.15, 0.2) is 16.7 Å². The molecule has 1 fully saturated rings. The van der Waals surface area contributed by atoms with Crippen LogP contribution in [0.1, 0.15) is 34.8 Å². The van der Waals surface area contributed by atoms with E-state index in [2.05, 4.69) is 28.4 Å². The van der Waals surface area contributed by atoms with Crippen molar-refractivity contribution in [1.82, 2.24) is 15.0 Å². The Balaban J connectivity index is 1.82. The summed E-state index contributed by atoms with van der Waals surface area (Å²) in [4.78, 5) is 17.8. The van der Waals surface area contributed by atoms with E-state index in [1.165, 1.54) is 6.92 Å². The van der Waals surface area contributed by atoms with Crippen LogP contribution < -0.4 is 0 Å².